The lowest BCUT2D eigenvalue weighted by Crippen LogP contribution is -3.15. The summed E-state index contributed by atoms with van der Waals surface area (Å²) in [5, 5.41) is 0. The monoisotopic (exact) mass is 423 g/mol. The van der Waals surface area contributed by atoms with Crippen LogP contribution in [0.5, 0.6) is 17.2 Å². The highest BCUT2D eigenvalue weighted by Gasteiger charge is 2.31. The molecule has 1 saturated heterocycles. The van der Waals surface area contributed by atoms with Crippen molar-refractivity contribution in [2.24, 2.45) is 0 Å². The molecule has 0 unspecified atom stereocenters. The third-order valence-corrected chi connectivity index (χ3v) is 7.01. The number of quaternary nitrogens is 1. The van der Waals surface area contributed by atoms with E-state index in [0.717, 1.165) is 6.54 Å². The second-order valence-electron chi connectivity index (χ2n) is 7.01. The topological polar surface area (TPSA) is 69.5 Å². The number of rotatable bonds is 6. The van der Waals surface area contributed by atoms with Gasteiger partial charge >= 0.3 is 0 Å². The molecule has 2 aromatic carbocycles. The number of hydrogen-bond donors (Lipinski definition) is 1. The van der Waals surface area contributed by atoms with Crippen LogP contribution in [0.1, 0.15) is 0 Å². The molecule has 1 fully saturated rings. The fourth-order valence-electron chi connectivity index (χ4n) is 3.47. The molecule has 4 rings (SSSR count). The van der Waals surface area contributed by atoms with Crippen molar-refractivity contribution in [3.8, 4) is 17.2 Å². The highest BCUT2D eigenvalue weighted by atomic mass is 32.2. The highest BCUT2D eigenvalue weighted by molar-refractivity contribution is 7.89. The van der Waals surface area contributed by atoms with Crippen LogP contribution in [0.3, 0.4) is 0 Å². The molecule has 0 saturated carbocycles. The lowest BCUT2D eigenvalue weighted by atomic mass is 10.3. The first-order valence-electron chi connectivity index (χ1n) is 9.64. The zero-order valence-corrected chi connectivity index (χ0v) is 16.8. The van der Waals surface area contributed by atoms with Crippen LogP contribution < -0.4 is 19.1 Å². The third-order valence-electron chi connectivity index (χ3n) is 5.12. The Hall–Kier alpha value is -2.36. The maximum absolute atomic E-state index is 13.0. The van der Waals surface area contributed by atoms with Crippen LogP contribution in [0.4, 0.5) is 4.39 Å². The summed E-state index contributed by atoms with van der Waals surface area (Å²) >= 11 is 0. The summed E-state index contributed by atoms with van der Waals surface area (Å²) in [5.41, 5.74) is 0. The lowest BCUT2D eigenvalue weighted by Gasteiger charge is -2.31. The quantitative estimate of drug-likeness (QED) is 0.736. The number of fused-ring (bicyclic) bond motifs is 1. The van der Waals surface area contributed by atoms with E-state index in [4.69, 9.17) is 14.2 Å². The van der Waals surface area contributed by atoms with Gasteiger partial charge in [-0.1, -0.05) is 0 Å². The van der Waals surface area contributed by atoms with Gasteiger partial charge < -0.3 is 19.1 Å². The molecule has 7 nitrogen and oxygen atoms in total. The van der Waals surface area contributed by atoms with Crippen molar-refractivity contribution < 1.29 is 31.9 Å². The van der Waals surface area contributed by atoms with Crippen molar-refractivity contribution in [3.63, 3.8) is 0 Å². The maximum Gasteiger partial charge on any atom is 0.243 e. The number of nitrogens with one attached hydrogen (secondary N) is 1. The average molecular weight is 423 g/mol. The summed E-state index contributed by atoms with van der Waals surface area (Å²) in [4.78, 5) is 1.51. The van der Waals surface area contributed by atoms with Crippen molar-refractivity contribution in [1.82, 2.24) is 4.31 Å². The van der Waals surface area contributed by atoms with Gasteiger partial charge in [-0.25, -0.2) is 12.8 Å². The van der Waals surface area contributed by atoms with E-state index in [0.29, 0.717) is 63.2 Å². The Kier molecular flexibility index (Phi) is 5.89. The predicted molar refractivity (Wildman–Crippen MR) is 104 cm³/mol. The van der Waals surface area contributed by atoms with E-state index >= 15 is 0 Å². The normalized spacial score (nSPS) is 17.8. The van der Waals surface area contributed by atoms with Crippen LogP contribution in [0.15, 0.2) is 47.4 Å². The first kappa shape index (κ1) is 19.9. The van der Waals surface area contributed by atoms with Crippen molar-refractivity contribution in [1.29, 1.82) is 0 Å². The molecule has 1 N–H and O–H groups in total. The summed E-state index contributed by atoms with van der Waals surface area (Å²) < 4.78 is 57.0. The van der Waals surface area contributed by atoms with Gasteiger partial charge in [-0.05, 0) is 36.4 Å². The summed E-state index contributed by atoms with van der Waals surface area (Å²) in [6, 6.07) is 10.7. The molecule has 0 spiro atoms. The standard InChI is InChI=1S/C20H23FN2O5S/c21-16-1-3-17(4-2-16)26-12-11-22-7-9-23(10-8-22)29(24,25)18-5-6-19-20(15-18)28-14-13-27-19/h1-6,15H,7-14H2/p+1. The first-order valence-corrected chi connectivity index (χ1v) is 11.1. The molecule has 0 amide bonds. The number of ether oxygens (including phenoxy) is 3. The van der Waals surface area contributed by atoms with E-state index in [1.54, 1.807) is 30.3 Å². The van der Waals surface area contributed by atoms with Crippen molar-refractivity contribution in [2.45, 2.75) is 4.90 Å². The fourth-order valence-corrected chi connectivity index (χ4v) is 4.93. The van der Waals surface area contributed by atoms with E-state index in [1.165, 1.54) is 21.3 Å². The summed E-state index contributed by atoms with van der Waals surface area (Å²) in [6.45, 7) is 4.44. The van der Waals surface area contributed by atoms with Gasteiger partial charge in [0, 0.05) is 6.07 Å². The van der Waals surface area contributed by atoms with Gasteiger partial charge in [0.15, 0.2) is 11.5 Å². The van der Waals surface area contributed by atoms with Crippen molar-refractivity contribution in [2.75, 3.05) is 52.5 Å². The van der Waals surface area contributed by atoms with Gasteiger partial charge in [-0.2, -0.15) is 4.31 Å². The summed E-state index contributed by atoms with van der Waals surface area (Å²) in [7, 11) is -3.57. The van der Waals surface area contributed by atoms with Gasteiger partial charge in [0.25, 0.3) is 0 Å². The Morgan fingerprint density at radius 2 is 1.69 bits per heavy atom. The maximum atomic E-state index is 13.0. The molecule has 29 heavy (non-hydrogen) atoms. The molecule has 0 bridgehead atoms. The molecule has 2 heterocycles. The minimum Gasteiger partial charge on any atom is -0.488 e. The Balaban J connectivity index is 1.30. The molecule has 156 valence electrons. The average Bonchev–Trinajstić information content (AvgIpc) is 2.75. The molecule has 0 atom stereocenters. The Labute approximate surface area is 169 Å². The number of piperazine rings is 1. The summed E-state index contributed by atoms with van der Waals surface area (Å²) in [5.74, 6) is 1.38. The van der Waals surface area contributed by atoms with Gasteiger partial charge in [0.05, 0.1) is 31.1 Å². The van der Waals surface area contributed by atoms with Crippen LogP contribution in [0, 0.1) is 5.82 Å². The SMILES string of the molecule is O=S(=O)(c1ccc2c(c1)OCCO2)N1CC[NH+](CCOc2ccc(F)cc2)CC1. The van der Waals surface area contributed by atoms with Crippen LogP contribution >= 0.6 is 0 Å². The van der Waals surface area contributed by atoms with E-state index in [2.05, 4.69) is 0 Å². The molecule has 0 aromatic heterocycles. The molecule has 0 radical (unpaired) electrons. The van der Waals surface area contributed by atoms with Crippen LogP contribution in [-0.4, -0.2) is 65.3 Å². The van der Waals surface area contributed by atoms with Gasteiger partial charge in [-0.3, -0.25) is 0 Å². The molecule has 2 aromatic rings. The van der Waals surface area contributed by atoms with Crippen molar-refractivity contribution in [3.05, 3.63) is 48.3 Å². The lowest BCUT2D eigenvalue weighted by molar-refractivity contribution is -0.903. The minimum absolute atomic E-state index is 0.227. The molecule has 9 heteroatoms. The number of halogens is 1. The largest absolute Gasteiger partial charge is 0.488 e. The minimum atomic E-state index is -3.57. The Morgan fingerprint density at radius 3 is 2.41 bits per heavy atom. The van der Waals surface area contributed by atoms with E-state index in [1.807, 2.05) is 0 Å². The van der Waals surface area contributed by atoms with E-state index in [-0.39, 0.29) is 10.7 Å². The molecule has 0 aliphatic carbocycles. The third kappa shape index (κ3) is 4.63. The second-order valence-corrected chi connectivity index (χ2v) is 8.95. The molecule has 2 aliphatic rings. The van der Waals surface area contributed by atoms with E-state index < -0.39 is 10.0 Å². The zero-order valence-electron chi connectivity index (χ0n) is 16.0. The van der Waals surface area contributed by atoms with Gasteiger partial charge in [-0.15, -0.1) is 0 Å². The van der Waals surface area contributed by atoms with Crippen LogP contribution in [-0.2, 0) is 10.0 Å². The number of benzene rings is 2. The predicted octanol–water partition coefficient (Wildman–Crippen LogP) is 0.565. The number of sulfonamides is 1. The highest BCUT2D eigenvalue weighted by Crippen LogP contribution is 2.33. The second kappa shape index (κ2) is 8.56. The summed E-state index contributed by atoms with van der Waals surface area (Å²) in [6.07, 6.45) is 0. The number of hydrogen-bond acceptors (Lipinski definition) is 5. The first-order chi connectivity index (χ1) is 14.0. The van der Waals surface area contributed by atoms with Crippen LogP contribution in [0.25, 0.3) is 0 Å². The molecular weight excluding hydrogens is 399 g/mol. The van der Waals surface area contributed by atoms with E-state index in [9.17, 15) is 12.8 Å². The van der Waals surface area contributed by atoms with Crippen LogP contribution in [0.2, 0.25) is 0 Å². The Bertz CT molecular complexity index is 944. The molecule has 2 aliphatic heterocycles. The van der Waals surface area contributed by atoms with Gasteiger partial charge in [0.1, 0.15) is 37.9 Å². The fraction of sp³-hybridized carbons (Fsp3) is 0.400. The van der Waals surface area contributed by atoms with Crippen molar-refractivity contribution >= 4 is 10.0 Å². The smallest absolute Gasteiger partial charge is 0.243 e. The van der Waals surface area contributed by atoms with Gasteiger partial charge in [0.2, 0.25) is 10.0 Å². The Morgan fingerprint density at radius 1 is 1.00 bits per heavy atom. The number of nitrogens with zero attached hydrogens (tertiary/aromatic N) is 1. The zero-order chi connectivity index (χ0) is 20.3. The molecular formula is C20H24FN2O5S+.